The van der Waals surface area contributed by atoms with Gasteiger partial charge in [-0.1, -0.05) is 87.0 Å². The number of allylic oxidation sites excluding steroid dienone is 3. The second-order valence-electron chi connectivity index (χ2n) is 7.71. The lowest BCUT2D eigenvalue weighted by molar-refractivity contribution is 0.402. The minimum atomic E-state index is 0.0338. The molecular formula is C22H29NS. The van der Waals surface area contributed by atoms with Crippen LogP contribution in [0, 0.1) is 5.92 Å². The Hall–Kier alpha value is -1.41. The van der Waals surface area contributed by atoms with Gasteiger partial charge in [-0.05, 0) is 43.2 Å². The Kier molecular flexibility index (Phi) is 5.24. The van der Waals surface area contributed by atoms with Crippen molar-refractivity contribution in [3.05, 3.63) is 59.2 Å². The van der Waals surface area contributed by atoms with Gasteiger partial charge in [-0.3, -0.25) is 0 Å². The molecule has 1 saturated carbocycles. The summed E-state index contributed by atoms with van der Waals surface area (Å²) in [6.45, 7) is 6.68. The van der Waals surface area contributed by atoms with E-state index in [4.69, 9.17) is 12.2 Å². The predicted octanol–water partition coefficient (Wildman–Crippen LogP) is 6.02. The van der Waals surface area contributed by atoms with Crippen molar-refractivity contribution in [2.75, 3.05) is 0 Å². The van der Waals surface area contributed by atoms with Crippen molar-refractivity contribution in [3.8, 4) is 0 Å². The lowest BCUT2D eigenvalue weighted by atomic mass is 9.85. The van der Waals surface area contributed by atoms with Gasteiger partial charge < -0.3 is 5.32 Å². The summed E-state index contributed by atoms with van der Waals surface area (Å²) >= 11 is 5.81. The van der Waals surface area contributed by atoms with E-state index in [2.05, 4.69) is 68.6 Å². The fourth-order valence-corrected chi connectivity index (χ4v) is 4.28. The van der Waals surface area contributed by atoms with Crippen LogP contribution in [0.2, 0.25) is 0 Å². The third-order valence-corrected chi connectivity index (χ3v) is 5.95. The summed E-state index contributed by atoms with van der Waals surface area (Å²) in [5, 5.41) is 3.81. The molecule has 0 amide bonds. The number of hydrogen-bond acceptors (Lipinski definition) is 1. The van der Waals surface area contributed by atoms with E-state index in [0.29, 0.717) is 11.8 Å². The van der Waals surface area contributed by atoms with Crippen LogP contribution >= 0.6 is 12.2 Å². The number of benzene rings is 1. The SMILES string of the molecule is CC1=CCC(C(=S)NC2(c3cccc(C(C)C)c3)CCCC2)C=C1. The predicted molar refractivity (Wildman–Crippen MR) is 107 cm³/mol. The number of rotatable bonds is 4. The summed E-state index contributed by atoms with van der Waals surface area (Å²) < 4.78 is 0. The molecule has 0 radical (unpaired) electrons. The van der Waals surface area contributed by atoms with Crippen LogP contribution < -0.4 is 5.32 Å². The van der Waals surface area contributed by atoms with Gasteiger partial charge in [0.05, 0.1) is 10.5 Å². The Morgan fingerprint density at radius 3 is 2.62 bits per heavy atom. The normalized spacial score (nSPS) is 22.5. The van der Waals surface area contributed by atoms with E-state index in [-0.39, 0.29) is 5.54 Å². The average molecular weight is 340 g/mol. The Morgan fingerprint density at radius 2 is 2.00 bits per heavy atom. The molecule has 2 aliphatic rings. The number of hydrogen-bond donors (Lipinski definition) is 1. The molecule has 0 heterocycles. The van der Waals surface area contributed by atoms with Gasteiger partial charge in [-0.2, -0.15) is 0 Å². The summed E-state index contributed by atoms with van der Waals surface area (Å²) in [4.78, 5) is 1.01. The molecule has 1 unspecified atom stereocenters. The van der Waals surface area contributed by atoms with Crippen molar-refractivity contribution in [2.45, 2.75) is 64.3 Å². The van der Waals surface area contributed by atoms with E-state index in [1.165, 1.54) is 42.4 Å². The molecule has 1 aromatic carbocycles. The standard InChI is InChI=1S/C22H29NS/c1-16(2)19-7-6-8-20(15-19)22(13-4-5-14-22)23-21(24)18-11-9-17(3)10-12-18/h6-11,15-16,18H,4-5,12-14H2,1-3H3,(H,23,24). The van der Waals surface area contributed by atoms with Gasteiger partial charge in [0.15, 0.2) is 0 Å². The zero-order valence-electron chi connectivity index (χ0n) is 15.1. The monoisotopic (exact) mass is 339 g/mol. The summed E-state index contributed by atoms with van der Waals surface area (Å²) in [6, 6.07) is 9.13. The van der Waals surface area contributed by atoms with Crippen molar-refractivity contribution in [3.63, 3.8) is 0 Å². The first-order valence-corrected chi connectivity index (χ1v) is 9.68. The van der Waals surface area contributed by atoms with Gasteiger partial charge in [0.1, 0.15) is 0 Å². The largest absolute Gasteiger partial charge is 0.370 e. The zero-order chi connectivity index (χ0) is 17.2. The molecule has 0 spiro atoms. The minimum Gasteiger partial charge on any atom is -0.370 e. The third-order valence-electron chi connectivity index (χ3n) is 5.55. The summed E-state index contributed by atoms with van der Waals surface area (Å²) in [5.74, 6) is 0.902. The molecule has 3 rings (SSSR count). The molecule has 0 saturated heterocycles. The maximum Gasteiger partial charge on any atom is 0.0833 e. The van der Waals surface area contributed by atoms with Gasteiger partial charge in [0.2, 0.25) is 0 Å². The van der Waals surface area contributed by atoms with Gasteiger partial charge in [0.25, 0.3) is 0 Å². The summed E-state index contributed by atoms with van der Waals surface area (Å²) in [7, 11) is 0. The summed E-state index contributed by atoms with van der Waals surface area (Å²) in [6.07, 6.45) is 12.7. The van der Waals surface area contributed by atoms with E-state index < -0.39 is 0 Å². The Morgan fingerprint density at radius 1 is 1.25 bits per heavy atom. The van der Waals surface area contributed by atoms with E-state index in [1.54, 1.807) is 0 Å². The number of nitrogens with one attached hydrogen (secondary N) is 1. The van der Waals surface area contributed by atoms with E-state index in [9.17, 15) is 0 Å². The second kappa shape index (κ2) is 7.23. The lowest BCUT2D eigenvalue weighted by Crippen LogP contribution is -2.45. The lowest BCUT2D eigenvalue weighted by Gasteiger charge is -2.35. The van der Waals surface area contributed by atoms with Gasteiger partial charge in [0, 0.05) is 5.92 Å². The van der Waals surface area contributed by atoms with E-state index >= 15 is 0 Å². The molecule has 2 aliphatic carbocycles. The van der Waals surface area contributed by atoms with Crippen molar-refractivity contribution in [1.29, 1.82) is 0 Å². The molecule has 1 N–H and O–H groups in total. The smallest absolute Gasteiger partial charge is 0.0833 e. The second-order valence-corrected chi connectivity index (χ2v) is 8.15. The van der Waals surface area contributed by atoms with Crippen molar-refractivity contribution in [2.24, 2.45) is 5.92 Å². The van der Waals surface area contributed by atoms with Crippen molar-refractivity contribution >= 4 is 17.2 Å². The van der Waals surface area contributed by atoms with Crippen LogP contribution in [0.15, 0.2) is 48.1 Å². The van der Waals surface area contributed by atoms with E-state index in [0.717, 1.165) is 11.4 Å². The molecule has 2 heteroatoms. The Bertz CT molecular complexity index is 662. The zero-order valence-corrected chi connectivity index (χ0v) is 16.0. The molecule has 0 aliphatic heterocycles. The van der Waals surface area contributed by atoms with Gasteiger partial charge >= 0.3 is 0 Å². The van der Waals surface area contributed by atoms with Gasteiger partial charge in [-0.25, -0.2) is 0 Å². The van der Waals surface area contributed by atoms with Crippen LogP contribution in [0.1, 0.15) is 69.9 Å². The highest BCUT2D eigenvalue weighted by molar-refractivity contribution is 7.80. The molecule has 1 atom stereocenters. The molecule has 1 fully saturated rings. The Labute approximate surface area is 152 Å². The fraction of sp³-hybridized carbons (Fsp3) is 0.500. The third kappa shape index (κ3) is 3.64. The maximum atomic E-state index is 5.81. The first-order valence-electron chi connectivity index (χ1n) is 9.28. The fourth-order valence-electron chi connectivity index (χ4n) is 3.91. The first kappa shape index (κ1) is 17.4. The van der Waals surface area contributed by atoms with Crippen molar-refractivity contribution < 1.29 is 0 Å². The summed E-state index contributed by atoms with van der Waals surface area (Å²) in [5.41, 5.74) is 4.21. The molecule has 1 aromatic rings. The quantitative estimate of drug-likeness (QED) is 0.673. The van der Waals surface area contributed by atoms with Crippen LogP contribution in [-0.2, 0) is 5.54 Å². The molecule has 24 heavy (non-hydrogen) atoms. The highest BCUT2D eigenvalue weighted by atomic mass is 32.1. The minimum absolute atomic E-state index is 0.0338. The molecule has 1 nitrogen and oxygen atoms in total. The highest BCUT2D eigenvalue weighted by Crippen LogP contribution is 2.40. The number of thiocarbonyl (C=S) groups is 1. The molecular weight excluding hydrogens is 310 g/mol. The maximum absolute atomic E-state index is 5.81. The van der Waals surface area contributed by atoms with Crippen molar-refractivity contribution in [1.82, 2.24) is 5.32 Å². The molecule has 0 bridgehead atoms. The van der Waals surface area contributed by atoms with E-state index in [1.807, 2.05) is 0 Å². The molecule has 128 valence electrons. The molecule has 0 aromatic heterocycles. The topological polar surface area (TPSA) is 12.0 Å². The van der Waals surface area contributed by atoms with Crippen LogP contribution in [0.25, 0.3) is 0 Å². The highest BCUT2D eigenvalue weighted by Gasteiger charge is 2.37. The average Bonchev–Trinajstić information content (AvgIpc) is 3.05. The Balaban J connectivity index is 1.83. The van der Waals surface area contributed by atoms with Crippen LogP contribution in [-0.4, -0.2) is 4.99 Å². The first-order chi connectivity index (χ1) is 11.5. The van der Waals surface area contributed by atoms with Crippen LogP contribution in [0.5, 0.6) is 0 Å². The van der Waals surface area contributed by atoms with Gasteiger partial charge in [-0.15, -0.1) is 0 Å². The van der Waals surface area contributed by atoms with Crippen LogP contribution in [0.4, 0.5) is 0 Å². The van der Waals surface area contributed by atoms with Crippen LogP contribution in [0.3, 0.4) is 0 Å².